The Morgan fingerprint density at radius 1 is 1.18 bits per heavy atom. The van der Waals surface area contributed by atoms with E-state index in [1.54, 1.807) is 32.0 Å². The summed E-state index contributed by atoms with van der Waals surface area (Å²) in [6.07, 6.45) is 1.05. The van der Waals surface area contributed by atoms with E-state index in [-0.39, 0.29) is 19.4 Å². The molecule has 0 aliphatic rings. The Balaban J connectivity index is 3.14. The second-order valence-corrected chi connectivity index (χ2v) is 8.31. The van der Waals surface area contributed by atoms with E-state index in [1.807, 2.05) is 0 Å². The maximum absolute atomic E-state index is 12.6. The number of benzene rings is 1. The quantitative estimate of drug-likeness (QED) is 0.688. The van der Waals surface area contributed by atoms with Crippen molar-refractivity contribution in [2.75, 3.05) is 31.3 Å². The molecule has 0 aliphatic carbocycles. The topological polar surface area (TPSA) is 90.9 Å². The maximum Gasteiger partial charge on any atom is 0.335 e. The lowest BCUT2D eigenvalue weighted by Crippen LogP contribution is -2.10. The van der Waals surface area contributed by atoms with Gasteiger partial charge in [-0.15, -0.1) is 0 Å². The van der Waals surface area contributed by atoms with Crippen molar-refractivity contribution in [1.82, 2.24) is 0 Å². The first-order valence-electron chi connectivity index (χ1n) is 6.76. The first-order valence-corrected chi connectivity index (χ1v) is 10.4. The van der Waals surface area contributed by atoms with Gasteiger partial charge in [-0.3, -0.25) is 9.29 Å². The summed E-state index contributed by atoms with van der Waals surface area (Å²) in [4.78, 5) is 0. The van der Waals surface area contributed by atoms with Crippen LogP contribution in [0.1, 0.15) is 19.4 Å². The summed E-state index contributed by atoms with van der Waals surface area (Å²) in [5, 5.41) is 0. The van der Waals surface area contributed by atoms with Crippen LogP contribution in [0.15, 0.2) is 18.2 Å². The highest BCUT2D eigenvalue weighted by molar-refractivity contribution is 7.92. The van der Waals surface area contributed by atoms with Crippen LogP contribution in [-0.4, -0.2) is 35.0 Å². The van der Waals surface area contributed by atoms with E-state index in [0.717, 1.165) is 6.26 Å². The number of rotatable bonds is 9. The van der Waals surface area contributed by atoms with Crippen molar-refractivity contribution in [1.29, 1.82) is 0 Å². The first-order chi connectivity index (χ1) is 10.2. The summed E-state index contributed by atoms with van der Waals surface area (Å²) >= 11 is 0. The van der Waals surface area contributed by atoms with Crippen LogP contribution in [0.2, 0.25) is 0 Å². The van der Waals surface area contributed by atoms with Gasteiger partial charge in [0.25, 0.3) is 0 Å². The van der Waals surface area contributed by atoms with E-state index < -0.39 is 17.6 Å². The summed E-state index contributed by atoms with van der Waals surface area (Å²) in [6.45, 7) is 3.96. The molecule has 1 N–H and O–H groups in total. The number of nitrogens with one attached hydrogen (secondary N) is 1. The fraction of sp³-hybridized carbons (Fsp3) is 0.538. The molecule has 0 amide bonds. The van der Waals surface area contributed by atoms with Crippen LogP contribution in [-0.2, 0) is 29.8 Å². The van der Waals surface area contributed by atoms with E-state index >= 15 is 0 Å². The van der Waals surface area contributed by atoms with Gasteiger partial charge in [0.05, 0.1) is 32.7 Å². The molecule has 0 radical (unpaired) electrons. The Morgan fingerprint density at radius 3 is 2.23 bits per heavy atom. The summed E-state index contributed by atoms with van der Waals surface area (Å²) in [6, 6.07) is 4.73. The summed E-state index contributed by atoms with van der Waals surface area (Å²) < 4.78 is 53.3. The molecule has 0 spiro atoms. The zero-order valence-electron chi connectivity index (χ0n) is 13.2. The second-order valence-electron chi connectivity index (χ2n) is 4.51. The second kappa shape index (κ2) is 7.97. The summed E-state index contributed by atoms with van der Waals surface area (Å²) in [7, 11) is -5.23. The van der Waals surface area contributed by atoms with Gasteiger partial charge in [0, 0.05) is 11.3 Å². The molecule has 0 fully saturated rings. The van der Waals surface area contributed by atoms with Crippen molar-refractivity contribution in [3.63, 3.8) is 0 Å². The lowest BCUT2D eigenvalue weighted by atomic mass is 10.2. The third kappa shape index (κ3) is 5.96. The zero-order chi connectivity index (χ0) is 16.8. The third-order valence-electron chi connectivity index (χ3n) is 2.60. The summed E-state index contributed by atoms with van der Waals surface area (Å²) in [5.41, 5.74) is 0.902. The zero-order valence-corrected chi connectivity index (χ0v) is 14.9. The van der Waals surface area contributed by atoms with Gasteiger partial charge in [-0.2, -0.15) is 0 Å². The molecular weight excluding hydrogens is 329 g/mol. The number of hydrogen-bond acceptors (Lipinski definition) is 6. The van der Waals surface area contributed by atoms with Crippen LogP contribution in [0.3, 0.4) is 0 Å². The van der Waals surface area contributed by atoms with Crippen LogP contribution in [0.5, 0.6) is 5.75 Å². The molecule has 0 saturated carbocycles. The van der Waals surface area contributed by atoms with E-state index in [9.17, 15) is 13.0 Å². The van der Waals surface area contributed by atoms with Crippen LogP contribution in [0.4, 0.5) is 5.69 Å². The van der Waals surface area contributed by atoms with Crippen LogP contribution in [0, 0.1) is 0 Å². The fourth-order valence-corrected chi connectivity index (χ4v) is 4.17. The van der Waals surface area contributed by atoms with Gasteiger partial charge < -0.3 is 13.8 Å². The molecule has 0 atom stereocenters. The number of hydrogen-bond donors (Lipinski definition) is 1. The lowest BCUT2D eigenvalue weighted by molar-refractivity contribution is 0.219. The van der Waals surface area contributed by atoms with E-state index in [4.69, 9.17) is 13.8 Å². The molecule has 1 rings (SSSR count). The highest BCUT2D eigenvalue weighted by Gasteiger charge is 2.26. The van der Waals surface area contributed by atoms with Crippen molar-refractivity contribution < 1.29 is 26.8 Å². The van der Waals surface area contributed by atoms with Crippen molar-refractivity contribution in [2.24, 2.45) is 0 Å². The van der Waals surface area contributed by atoms with E-state index in [1.165, 1.54) is 7.11 Å². The largest absolute Gasteiger partial charge is 0.496 e. The minimum absolute atomic E-state index is 0.00284. The minimum atomic E-state index is -3.40. The van der Waals surface area contributed by atoms with E-state index in [2.05, 4.69) is 4.72 Å². The third-order valence-corrected chi connectivity index (χ3v) is 5.24. The van der Waals surface area contributed by atoms with Gasteiger partial charge in [0.2, 0.25) is 10.0 Å². The van der Waals surface area contributed by atoms with Crippen molar-refractivity contribution >= 4 is 23.3 Å². The normalized spacial score (nSPS) is 12.2. The van der Waals surface area contributed by atoms with Gasteiger partial charge in [0.1, 0.15) is 5.75 Å². The predicted molar refractivity (Wildman–Crippen MR) is 86.0 cm³/mol. The molecule has 0 bridgehead atoms. The Hall–Kier alpha value is -1.08. The Morgan fingerprint density at radius 2 is 1.77 bits per heavy atom. The highest BCUT2D eigenvalue weighted by atomic mass is 32.2. The minimum Gasteiger partial charge on any atom is -0.496 e. The monoisotopic (exact) mass is 351 g/mol. The molecule has 0 aromatic heterocycles. The molecule has 0 saturated heterocycles. The standard InChI is InChI=1S/C13H22NO6PS/c1-5-19-21(15,20-6-2)10-11-9-12(14-22(4,16)17)7-8-13(11)18-3/h7-9,14H,5-6,10H2,1-4H3. The van der Waals surface area contributed by atoms with E-state index in [0.29, 0.717) is 17.0 Å². The van der Waals surface area contributed by atoms with Crippen molar-refractivity contribution in [2.45, 2.75) is 20.0 Å². The number of ether oxygens (including phenoxy) is 1. The first kappa shape index (κ1) is 19.0. The average Bonchev–Trinajstić information content (AvgIpc) is 2.37. The van der Waals surface area contributed by atoms with Gasteiger partial charge in [-0.1, -0.05) is 0 Å². The van der Waals surface area contributed by atoms with Crippen LogP contribution >= 0.6 is 7.60 Å². The molecule has 1 aromatic carbocycles. The van der Waals surface area contributed by atoms with Crippen molar-refractivity contribution in [3.05, 3.63) is 23.8 Å². The maximum atomic E-state index is 12.6. The van der Waals surface area contributed by atoms with Gasteiger partial charge in [0.15, 0.2) is 0 Å². The van der Waals surface area contributed by atoms with Crippen LogP contribution in [0.25, 0.3) is 0 Å². The predicted octanol–water partition coefficient (Wildman–Crippen LogP) is 2.83. The van der Waals surface area contributed by atoms with Crippen LogP contribution < -0.4 is 9.46 Å². The van der Waals surface area contributed by atoms with Gasteiger partial charge >= 0.3 is 7.60 Å². The molecule has 9 heteroatoms. The SMILES string of the molecule is CCOP(=O)(Cc1cc(NS(C)(=O)=O)ccc1OC)OCC. The number of sulfonamides is 1. The molecule has 126 valence electrons. The molecule has 0 heterocycles. The molecule has 0 aliphatic heterocycles. The number of anilines is 1. The van der Waals surface area contributed by atoms with Gasteiger partial charge in [-0.25, -0.2) is 8.42 Å². The molecular formula is C13H22NO6PS. The Kier molecular flexibility index (Phi) is 6.87. The average molecular weight is 351 g/mol. The Labute approximate surface area is 131 Å². The van der Waals surface area contributed by atoms with Crippen molar-refractivity contribution in [3.8, 4) is 5.75 Å². The highest BCUT2D eigenvalue weighted by Crippen LogP contribution is 2.52. The van der Waals surface area contributed by atoms with Gasteiger partial charge in [-0.05, 0) is 32.0 Å². The fourth-order valence-electron chi connectivity index (χ4n) is 1.91. The smallest absolute Gasteiger partial charge is 0.335 e. The number of methoxy groups -OCH3 is 1. The summed E-state index contributed by atoms with van der Waals surface area (Å²) in [5.74, 6) is 0.485. The Bertz CT molecular complexity index is 636. The molecule has 7 nitrogen and oxygen atoms in total. The lowest BCUT2D eigenvalue weighted by Gasteiger charge is -2.19. The molecule has 1 aromatic rings. The molecule has 0 unspecified atom stereocenters. The molecule has 22 heavy (non-hydrogen) atoms.